The second kappa shape index (κ2) is 10.3. The molecular formula is C30H29NO3. The molecule has 0 aliphatic rings. The van der Waals surface area contributed by atoms with Gasteiger partial charge in [-0.05, 0) is 51.9 Å². The number of carboxylic acid groups (broad SMARTS) is 1. The standard InChI is InChI=1S/C30H29NO3/c1-20(2)18-27(26-16-9-13-21-10-3-6-14-24(21)26)29(32)31-28-17-8-5-12-23(28)19-22-11-4-7-15-25(22)30(33)34/h3-17,20,27H,18-19H2,1-2H3,(H,31,32)(H,33,34). The zero-order valence-electron chi connectivity index (χ0n) is 19.5. The van der Waals surface area contributed by atoms with Crippen molar-refractivity contribution in [2.75, 3.05) is 5.32 Å². The van der Waals surface area contributed by atoms with E-state index >= 15 is 0 Å². The number of amides is 1. The molecule has 0 spiro atoms. The molecule has 0 fully saturated rings. The van der Waals surface area contributed by atoms with E-state index in [0.29, 0.717) is 23.6 Å². The van der Waals surface area contributed by atoms with E-state index in [0.717, 1.165) is 28.3 Å². The van der Waals surface area contributed by atoms with E-state index in [-0.39, 0.29) is 17.4 Å². The molecule has 1 atom stereocenters. The molecule has 34 heavy (non-hydrogen) atoms. The molecule has 2 N–H and O–H groups in total. The van der Waals surface area contributed by atoms with Crippen LogP contribution in [0.15, 0.2) is 91.0 Å². The summed E-state index contributed by atoms with van der Waals surface area (Å²) in [5, 5.41) is 14.9. The molecular weight excluding hydrogens is 422 g/mol. The van der Waals surface area contributed by atoms with E-state index in [1.807, 2.05) is 60.7 Å². The van der Waals surface area contributed by atoms with Crippen LogP contribution in [0.1, 0.15) is 53.2 Å². The summed E-state index contributed by atoms with van der Waals surface area (Å²) in [5.41, 5.74) is 3.60. The van der Waals surface area contributed by atoms with E-state index in [1.54, 1.807) is 12.1 Å². The molecule has 4 nitrogen and oxygen atoms in total. The summed E-state index contributed by atoms with van der Waals surface area (Å²) in [6.07, 6.45) is 1.14. The first-order valence-electron chi connectivity index (χ1n) is 11.6. The Balaban J connectivity index is 1.67. The number of anilines is 1. The lowest BCUT2D eigenvalue weighted by Gasteiger charge is -2.22. The Bertz CT molecular complexity index is 1320. The van der Waals surface area contributed by atoms with Crippen LogP contribution in [0, 0.1) is 5.92 Å². The van der Waals surface area contributed by atoms with Gasteiger partial charge in [0.25, 0.3) is 0 Å². The van der Waals surface area contributed by atoms with Gasteiger partial charge in [0, 0.05) is 12.1 Å². The topological polar surface area (TPSA) is 66.4 Å². The summed E-state index contributed by atoms with van der Waals surface area (Å²) < 4.78 is 0. The molecule has 0 bridgehead atoms. The molecule has 172 valence electrons. The average molecular weight is 452 g/mol. The number of para-hydroxylation sites is 1. The highest BCUT2D eigenvalue weighted by Gasteiger charge is 2.24. The number of hydrogen-bond donors (Lipinski definition) is 2. The summed E-state index contributed by atoms with van der Waals surface area (Å²) in [7, 11) is 0. The molecule has 4 rings (SSSR count). The summed E-state index contributed by atoms with van der Waals surface area (Å²) in [5.74, 6) is -0.966. The summed E-state index contributed by atoms with van der Waals surface area (Å²) in [6.45, 7) is 4.25. The maximum absolute atomic E-state index is 13.7. The van der Waals surface area contributed by atoms with Crippen molar-refractivity contribution in [3.05, 3.63) is 113 Å². The van der Waals surface area contributed by atoms with Crippen LogP contribution in [0.3, 0.4) is 0 Å². The Kier molecular flexibility index (Phi) is 7.07. The van der Waals surface area contributed by atoms with Crippen molar-refractivity contribution >= 4 is 28.3 Å². The van der Waals surface area contributed by atoms with Crippen molar-refractivity contribution in [2.45, 2.75) is 32.6 Å². The second-order valence-electron chi connectivity index (χ2n) is 9.04. The highest BCUT2D eigenvalue weighted by molar-refractivity contribution is 6.00. The van der Waals surface area contributed by atoms with Crippen molar-refractivity contribution in [2.24, 2.45) is 5.92 Å². The van der Waals surface area contributed by atoms with Gasteiger partial charge in [0.05, 0.1) is 11.5 Å². The molecule has 4 aromatic carbocycles. The van der Waals surface area contributed by atoms with Gasteiger partial charge in [-0.2, -0.15) is 0 Å². The minimum Gasteiger partial charge on any atom is -0.478 e. The predicted molar refractivity (Wildman–Crippen MR) is 137 cm³/mol. The van der Waals surface area contributed by atoms with Crippen LogP contribution in [0.2, 0.25) is 0 Å². The number of nitrogens with one attached hydrogen (secondary N) is 1. The third kappa shape index (κ3) is 5.18. The molecule has 0 radical (unpaired) electrons. The molecule has 0 aromatic heterocycles. The average Bonchev–Trinajstić information content (AvgIpc) is 2.83. The van der Waals surface area contributed by atoms with Gasteiger partial charge >= 0.3 is 5.97 Å². The number of hydrogen-bond acceptors (Lipinski definition) is 2. The molecule has 0 heterocycles. The number of carboxylic acids is 1. The molecule has 0 aliphatic heterocycles. The van der Waals surface area contributed by atoms with E-state index in [2.05, 4.69) is 37.4 Å². The summed E-state index contributed by atoms with van der Waals surface area (Å²) >= 11 is 0. The van der Waals surface area contributed by atoms with E-state index in [4.69, 9.17) is 0 Å². The van der Waals surface area contributed by atoms with E-state index in [9.17, 15) is 14.7 Å². The number of rotatable bonds is 8. The Morgan fingerprint density at radius 1 is 0.794 bits per heavy atom. The molecule has 1 unspecified atom stereocenters. The molecule has 0 saturated heterocycles. The Labute approximate surface area is 200 Å². The van der Waals surface area contributed by atoms with Crippen LogP contribution in [0.4, 0.5) is 5.69 Å². The SMILES string of the molecule is CC(C)CC(C(=O)Nc1ccccc1Cc1ccccc1C(=O)O)c1cccc2ccccc12. The monoisotopic (exact) mass is 451 g/mol. The largest absolute Gasteiger partial charge is 0.478 e. The molecule has 4 heteroatoms. The van der Waals surface area contributed by atoms with E-state index < -0.39 is 5.97 Å². The van der Waals surface area contributed by atoms with Crippen molar-refractivity contribution in [3.63, 3.8) is 0 Å². The first-order chi connectivity index (χ1) is 16.4. The number of aromatic carboxylic acids is 1. The van der Waals surface area contributed by atoms with Crippen LogP contribution in [0.25, 0.3) is 10.8 Å². The third-order valence-corrected chi connectivity index (χ3v) is 6.13. The van der Waals surface area contributed by atoms with Gasteiger partial charge in [-0.25, -0.2) is 4.79 Å². The highest BCUT2D eigenvalue weighted by atomic mass is 16.4. The Hall–Kier alpha value is -3.92. The van der Waals surface area contributed by atoms with Gasteiger partial charge in [0.2, 0.25) is 5.91 Å². The van der Waals surface area contributed by atoms with Gasteiger partial charge < -0.3 is 10.4 Å². The van der Waals surface area contributed by atoms with Crippen molar-refractivity contribution < 1.29 is 14.7 Å². The first-order valence-corrected chi connectivity index (χ1v) is 11.6. The van der Waals surface area contributed by atoms with Crippen molar-refractivity contribution in [3.8, 4) is 0 Å². The minimum atomic E-state index is -0.954. The van der Waals surface area contributed by atoms with E-state index in [1.165, 1.54) is 0 Å². The maximum atomic E-state index is 13.7. The number of carbonyl (C=O) groups is 2. The van der Waals surface area contributed by atoms with Crippen LogP contribution >= 0.6 is 0 Å². The van der Waals surface area contributed by atoms with Gasteiger partial charge in [-0.1, -0.05) is 92.7 Å². The zero-order chi connectivity index (χ0) is 24.1. The first kappa shape index (κ1) is 23.2. The molecule has 0 aliphatic carbocycles. The lowest BCUT2D eigenvalue weighted by molar-refractivity contribution is -0.117. The summed E-state index contributed by atoms with van der Waals surface area (Å²) in [6, 6.07) is 28.9. The van der Waals surface area contributed by atoms with Gasteiger partial charge in [0.1, 0.15) is 0 Å². The Morgan fingerprint density at radius 2 is 1.44 bits per heavy atom. The minimum absolute atomic E-state index is 0.0518. The van der Waals surface area contributed by atoms with Crippen molar-refractivity contribution in [1.29, 1.82) is 0 Å². The fourth-order valence-corrected chi connectivity index (χ4v) is 4.51. The molecule has 0 saturated carbocycles. The maximum Gasteiger partial charge on any atom is 0.335 e. The number of fused-ring (bicyclic) bond motifs is 1. The van der Waals surface area contributed by atoms with Gasteiger partial charge in [0.15, 0.2) is 0 Å². The predicted octanol–water partition coefficient (Wildman–Crippen LogP) is 6.90. The van der Waals surface area contributed by atoms with Crippen molar-refractivity contribution in [1.82, 2.24) is 0 Å². The Morgan fingerprint density at radius 3 is 2.21 bits per heavy atom. The third-order valence-electron chi connectivity index (χ3n) is 6.13. The fourth-order valence-electron chi connectivity index (χ4n) is 4.51. The lowest BCUT2D eigenvalue weighted by Crippen LogP contribution is -2.23. The second-order valence-corrected chi connectivity index (χ2v) is 9.04. The van der Waals surface area contributed by atoms with Crippen LogP contribution in [-0.4, -0.2) is 17.0 Å². The lowest BCUT2D eigenvalue weighted by atomic mass is 9.86. The zero-order valence-corrected chi connectivity index (χ0v) is 19.5. The highest BCUT2D eigenvalue weighted by Crippen LogP contribution is 2.32. The quantitative estimate of drug-likeness (QED) is 0.306. The van der Waals surface area contributed by atoms with Crippen LogP contribution in [0.5, 0.6) is 0 Å². The molecule has 1 amide bonds. The van der Waals surface area contributed by atoms with Crippen LogP contribution in [-0.2, 0) is 11.2 Å². The van der Waals surface area contributed by atoms with Crippen LogP contribution < -0.4 is 5.32 Å². The number of benzene rings is 4. The summed E-state index contributed by atoms with van der Waals surface area (Å²) in [4.78, 5) is 25.3. The van der Waals surface area contributed by atoms with Gasteiger partial charge in [-0.15, -0.1) is 0 Å². The normalized spacial score (nSPS) is 12.0. The van der Waals surface area contributed by atoms with Gasteiger partial charge in [-0.3, -0.25) is 4.79 Å². The smallest absolute Gasteiger partial charge is 0.335 e. The fraction of sp³-hybridized carbons (Fsp3) is 0.200. The number of carbonyl (C=O) groups excluding carboxylic acids is 1. The molecule has 4 aromatic rings.